The molecule has 1 saturated carbocycles. The molecule has 0 radical (unpaired) electrons. The number of nitrogens with zero attached hydrogens (tertiary/aromatic N) is 4. The molecule has 3 aliphatic rings. The lowest BCUT2D eigenvalue weighted by Crippen LogP contribution is -2.56. The van der Waals surface area contributed by atoms with Gasteiger partial charge >= 0.3 is 0 Å². The average Bonchev–Trinajstić information content (AvgIpc) is 2.80. The molecule has 1 aliphatic carbocycles. The highest BCUT2D eigenvalue weighted by Crippen LogP contribution is 2.26. The molecule has 3 fully saturated rings. The Morgan fingerprint density at radius 3 is 2.16 bits per heavy atom. The van der Waals surface area contributed by atoms with E-state index in [1.807, 2.05) is 0 Å². The summed E-state index contributed by atoms with van der Waals surface area (Å²) in [4.78, 5) is 22.3. The quantitative estimate of drug-likeness (QED) is 0.746. The number of benzene rings is 2. The Balaban J connectivity index is 1.10. The van der Waals surface area contributed by atoms with Gasteiger partial charge in [0.2, 0.25) is 5.91 Å². The summed E-state index contributed by atoms with van der Waals surface area (Å²) in [7, 11) is 0. The molecule has 0 aromatic heterocycles. The van der Waals surface area contributed by atoms with Gasteiger partial charge in [0.1, 0.15) is 0 Å². The third-order valence-electron chi connectivity index (χ3n) is 7.31. The third kappa shape index (κ3) is 4.78. The van der Waals surface area contributed by atoms with Gasteiger partial charge in [0.25, 0.3) is 0 Å². The number of hydrogen-bond donors (Lipinski definition) is 0. The van der Waals surface area contributed by atoms with Crippen molar-refractivity contribution in [1.82, 2.24) is 14.7 Å². The molecule has 0 atom stereocenters. The standard InChI is InChI=1S/C26H34N4O/c31-26(30-18-16-28(17-19-30)24-9-5-10-24)21-27-12-14-29(15-13-27)25-11-4-8-23(20-25)22-6-2-1-3-7-22/h1-4,6-8,11,20,24H,5,9-10,12-19,21H2. The number of anilines is 1. The van der Waals surface area contributed by atoms with E-state index >= 15 is 0 Å². The average molecular weight is 419 g/mol. The molecule has 0 spiro atoms. The van der Waals surface area contributed by atoms with E-state index in [1.165, 1.54) is 36.1 Å². The van der Waals surface area contributed by atoms with Crippen LogP contribution in [-0.2, 0) is 4.79 Å². The van der Waals surface area contributed by atoms with E-state index in [1.54, 1.807) is 0 Å². The summed E-state index contributed by atoms with van der Waals surface area (Å²) in [5.41, 5.74) is 3.79. The molecule has 5 heteroatoms. The fourth-order valence-electron chi connectivity index (χ4n) is 5.06. The number of hydrogen-bond acceptors (Lipinski definition) is 4. The highest BCUT2D eigenvalue weighted by Gasteiger charge is 2.30. The zero-order chi connectivity index (χ0) is 21.0. The van der Waals surface area contributed by atoms with Crippen LogP contribution in [0.15, 0.2) is 54.6 Å². The van der Waals surface area contributed by atoms with Crippen LogP contribution in [0.3, 0.4) is 0 Å². The summed E-state index contributed by atoms with van der Waals surface area (Å²) in [6, 6.07) is 20.2. The molecule has 5 nitrogen and oxygen atoms in total. The molecule has 1 amide bonds. The maximum Gasteiger partial charge on any atom is 0.236 e. The largest absolute Gasteiger partial charge is 0.369 e. The lowest BCUT2D eigenvalue weighted by Gasteiger charge is -2.43. The Morgan fingerprint density at radius 2 is 1.48 bits per heavy atom. The van der Waals surface area contributed by atoms with Crippen molar-refractivity contribution in [3.05, 3.63) is 54.6 Å². The Kier molecular flexibility index (Phi) is 6.23. The van der Waals surface area contributed by atoms with Crippen molar-refractivity contribution in [1.29, 1.82) is 0 Å². The van der Waals surface area contributed by atoms with Crippen LogP contribution in [0.4, 0.5) is 5.69 Å². The second-order valence-electron chi connectivity index (χ2n) is 9.18. The first-order valence-electron chi connectivity index (χ1n) is 11.9. The van der Waals surface area contributed by atoms with Gasteiger partial charge in [-0.1, -0.05) is 48.9 Å². The lowest BCUT2D eigenvalue weighted by molar-refractivity contribution is -0.134. The first kappa shape index (κ1) is 20.5. The molecule has 2 aromatic carbocycles. The van der Waals surface area contributed by atoms with Crippen LogP contribution in [-0.4, -0.2) is 85.6 Å². The van der Waals surface area contributed by atoms with Crippen LogP contribution < -0.4 is 4.90 Å². The molecular formula is C26H34N4O. The van der Waals surface area contributed by atoms with Crippen LogP contribution >= 0.6 is 0 Å². The van der Waals surface area contributed by atoms with Crippen molar-refractivity contribution in [2.24, 2.45) is 0 Å². The maximum absolute atomic E-state index is 12.8. The van der Waals surface area contributed by atoms with Crippen LogP contribution in [0.1, 0.15) is 19.3 Å². The molecule has 5 rings (SSSR count). The first-order valence-corrected chi connectivity index (χ1v) is 11.9. The van der Waals surface area contributed by atoms with Gasteiger partial charge < -0.3 is 9.80 Å². The van der Waals surface area contributed by atoms with Crippen LogP contribution in [0.25, 0.3) is 11.1 Å². The molecular weight excluding hydrogens is 384 g/mol. The zero-order valence-corrected chi connectivity index (χ0v) is 18.5. The van der Waals surface area contributed by atoms with E-state index in [2.05, 4.69) is 74.2 Å². The van der Waals surface area contributed by atoms with E-state index in [0.29, 0.717) is 12.5 Å². The van der Waals surface area contributed by atoms with Crippen LogP contribution in [0, 0.1) is 0 Å². The molecule has 0 N–H and O–H groups in total. The summed E-state index contributed by atoms with van der Waals surface area (Å²) < 4.78 is 0. The minimum atomic E-state index is 0.313. The fraction of sp³-hybridized carbons (Fsp3) is 0.500. The van der Waals surface area contributed by atoms with Crippen molar-refractivity contribution in [2.75, 3.05) is 63.8 Å². The second-order valence-corrected chi connectivity index (χ2v) is 9.18. The number of rotatable bonds is 5. The molecule has 2 heterocycles. The zero-order valence-electron chi connectivity index (χ0n) is 18.5. The maximum atomic E-state index is 12.8. The third-order valence-corrected chi connectivity index (χ3v) is 7.31. The van der Waals surface area contributed by atoms with Crippen molar-refractivity contribution in [3.8, 4) is 11.1 Å². The molecule has 2 saturated heterocycles. The number of carbonyl (C=O) groups is 1. The fourth-order valence-corrected chi connectivity index (χ4v) is 5.06. The summed E-state index contributed by atoms with van der Waals surface area (Å²) >= 11 is 0. The highest BCUT2D eigenvalue weighted by molar-refractivity contribution is 5.78. The molecule has 31 heavy (non-hydrogen) atoms. The monoisotopic (exact) mass is 418 g/mol. The summed E-state index contributed by atoms with van der Waals surface area (Å²) in [5, 5.41) is 0. The van der Waals surface area contributed by atoms with Gasteiger partial charge in [0.15, 0.2) is 0 Å². The Hall–Kier alpha value is -2.37. The summed E-state index contributed by atoms with van der Waals surface area (Å²) in [6.45, 7) is 8.34. The second kappa shape index (κ2) is 9.41. The van der Waals surface area contributed by atoms with Gasteiger partial charge in [-0.15, -0.1) is 0 Å². The van der Waals surface area contributed by atoms with Gasteiger partial charge in [-0.25, -0.2) is 0 Å². The smallest absolute Gasteiger partial charge is 0.236 e. The Bertz CT molecular complexity index is 866. The van der Waals surface area contributed by atoms with Crippen molar-refractivity contribution in [2.45, 2.75) is 25.3 Å². The van der Waals surface area contributed by atoms with Gasteiger partial charge in [-0.05, 0) is 36.1 Å². The minimum absolute atomic E-state index is 0.313. The Labute approximate surface area is 186 Å². The van der Waals surface area contributed by atoms with Crippen molar-refractivity contribution < 1.29 is 4.79 Å². The molecule has 2 aromatic rings. The van der Waals surface area contributed by atoms with Crippen molar-refractivity contribution >= 4 is 11.6 Å². The van der Waals surface area contributed by atoms with Crippen LogP contribution in [0.2, 0.25) is 0 Å². The topological polar surface area (TPSA) is 30.0 Å². The van der Waals surface area contributed by atoms with E-state index in [-0.39, 0.29) is 0 Å². The SMILES string of the molecule is O=C(CN1CCN(c2cccc(-c3ccccc3)c2)CC1)N1CCN(C2CCC2)CC1. The molecule has 164 valence electrons. The first-order chi connectivity index (χ1) is 15.3. The Morgan fingerprint density at radius 1 is 0.774 bits per heavy atom. The van der Waals surface area contributed by atoms with Crippen molar-refractivity contribution in [3.63, 3.8) is 0 Å². The number of amides is 1. The van der Waals surface area contributed by atoms with Gasteiger partial charge in [-0.2, -0.15) is 0 Å². The molecule has 0 unspecified atom stereocenters. The lowest BCUT2D eigenvalue weighted by atomic mass is 9.91. The number of piperazine rings is 2. The van der Waals surface area contributed by atoms with Crippen LogP contribution in [0.5, 0.6) is 0 Å². The molecule has 0 bridgehead atoms. The van der Waals surface area contributed by atoms with Gasteiger partial charge in [0.05, 0.1) is 6.54 Å². The minimum Gasteiger partial charge on any atom is -0.369 e. The molecule has 2 aliphatic heterocycles. The van der Waals surface area contributed by atoms with Gasteiger partial charge in [-0.3, -0.25) is 14.6 Å². The normalized spacial score (nSPS) is 21.2. The van der Waals surface area contributed by atoms with E-state index in [4.69, 9.17) is 0 Å². The highest BCUT2D eigenvalue weighted by atomic mass is 16.2. The predicted octanol–water partition coefficient (Wildman–Crippen LogP) is 3.17. The number of carbonyl (C=O) groups excluding carboxylic acids is 1. The van der Waals surface area contributed by atoms with Gasteiger partial charge in [0, 0.05) is 64.1 Å². The summed E-state index contributed by atoms with van der Waals surface area (Å²) in [5.74, 6) is 0.313. The van der Waals surface area contributed by atoms with E-state index in [0.717, 1.165) is 58.4 Å². The summed E-state index contributed by atoms with van der Waals surface area (Å²) in [6.07, 6.45) is 4.09. The van der Waals surface area contributed by atoms with E-state index in [9.17, 15) is 4.79 Å². The predicted molar refractivity (Wildman–Crippen MR) is 126 cm³/mol. The van der Waals surface area contributed by atoms with E-state index < -0.39 is 0 Å².